The molecule has 1 atom stereocenters. The number of carbonyl (C=O) groups is 1. The molecule has 2 aromatic heterocycles. The minimum atomic E-state index is -1.05. The van der Waals surface area contributed by atoms with Gasteiger partial charge in [-0.05, 0) is 75.3 Å². The number of rotatable bonds is 7. The number of aromatic amines is 1. The van der Waals surface area contributed by atoms with E-state index < -0.39 is 5.54 Å². The van der Waals surface area contributed by atoms with Crippen molar-refractivity contribution in [2.75, 3.05) is 29.6 Å². The van der Waals surface area contributed by atoms with Crippen LogP contribution in [0.25, 0.3) is 21.7 Å². The molecule has 12 heteroatoms. The van der Waals surface area contributed by atoms with Crippen molar-refractivity contribution in [2.45, 2.75) is 52.5 Å². The molecule has 2 aliphatic heterocycles. The number of benzene rings is 2. The van der Waals surface area contributed by atoms with Crippen LogP contribution in [-0.4, -0.2) is 56.0 Å². The minimum Gasteiger partial charge on any atom is -0.493 e. The minimum absolute atomic E-state index is 0.167. The summed E-state index contributed by atoms with van der Waals surface area (Å²) in [6.07, 6.45) is 1.96. The molecule has 4 aromatic rings. The predicted octanol–water partition coefficient (Wildman–Crippen LogP) is 4.90. The molecule has 2 aromatic carbocycles. The highest BCUT2D eigenvalue weighted by Gasteiger charge is 2.58. The van der Waals surface area contributed by atoms with E-state index in [0.29, 0.717) is 82.4 Å². The zero-order valence-corrected chi connectivity index (χ0v) is 25.2. The van der Waals surface area contributed by atoms with Crippen molar-refractivity contribution in [3.63, 3.8) is 0 Å². The van der Waals surface area contributed by atoms with Crippen molar-refractivity contribution in [3.8, 4) is 17.1 Å². The van der Waals surface area contributed by atoms with Gasteiger partial charge in [0.25, 0.3) is 11.5 Å². The average Bonchev–Trinajstić information content (AvgIpc) is 3.65. The lowest BCUT2D eigenvalue weighted by Crippen LogP contribution is -2.50. The second-order valence-electron chi connectivity index (χ2n) is 10.7. The van der Waals surface area contributed by atoms with E-state index in [1.165, 1.54) is 4.90 Å². The Morgan fingerprint density at radius 1 is 1.16 bits per heavy atom. The van der Waals surface area contributed by atoms with E-state index in [0.717, 1.165) is 12.0 Å². The number of thiocarbonyl (C=S) groups is 1. The van der Waals surface area contributed by atoms with Gasteiger partial charge in [-0.25, -0.2) is 14.3 Å². The Kier molecular flexibility index (Phi) is 7.23. The molecule has 0 radical (unpaired) electrons. The fraction of sp³-hybridized carbons (Fsp3) is 0.355. The number of fused-ring (bicyclic) bond motifs is 1. The Labute approximate surface area is 253 Å². The third kappa shape index (κ3) is 4.47. The maximum absolute atomic E-state index is 14.2. The summed E-state index contributed by atoms with van der Waals surface area (Å²) in [7, 11) is 0. The number of aromatic nitrogens is 4. The largest absolute Gasteiger partial charge is 0.493 e. The standard InChI is InChI=1S/C31H31N7O4S/c1-6-8-25-33-19(4)26-28(39)34-27(35-38(25)26)22-16-21(10-12-24(22)42-7-2)37-30(43)36(29(40)31(37)13-14-41-17-31)20-9-11-23(32-5)18(3)15-20/h9-12,15-16H,6-8,13-14,17H2,1-4H3,(H,34,35,39). The second-order valence-corrected chi connectivity index (χ2v) is 11.1. The molecule has 6 rings (SSSR count). The number of nitrogens with one attached hydrogen (secondary N) is 1. The van der Waals surface area contributed by atoms with Crippen LogP contribution in [0.1, 0.15) is 43.8 Å². The van der Waals surface area contributed by atoms with Crippen LogP contribution in [0.5, 0.6) is 5.75 Å². The smallest absolute Gasteiger partial charge is 0.277 e. The fourth-order valence-corrected chi connectivity index (χ4v) is 6.40. The zero-order chi connectivity index (χ0) is 30.5. The lowest BCUT2D eigenvalue weighted by Gasteiger charge is -2.31. The Hall–Kier alpha value is -4.60. The van der Waals surface area contributed by atoms with E-state index in [-0.39, 0.29) is 18.1 Å². The third-order valence-electron chi connectivity index (χ3n) is 7.96. The predicted molar refractivity (Wildman–Crippen MR) is 167 cm³/mol. The number of hydrogen-bond donors (Lipinski definition) is 1. The van der Waals surface area contributed by atoms with Crippen LogP contribution in [0.3, 0.4) is 0 Å². The van der Waals surface area contributed by atoms with Crippen molar-refractivity contribution in [1.29, 1.82) is 0 Å². The topological polar surface area (TPSA) is 109 Å². The summed E-state index contributed by atoms with van der Waals surface area (Å²) in [5, 5.41) is 5.11. The van der Waals surface area contributed by atoms with E-state index >= 15 is 0 Å². The molecule has 1 unspecified atom stereocenters. The van der Waals surface area contributed by atoms with Crippen LogP contribution >= 0.6 is 12.2 Å². The molecule has 0 bridgehead atoms. The Bertz CT molecular complexity index is 1880. The fourth-order valence-electron chi connectivity index (χ4n) is 5.93. The van der Waals surface area contributed by atoms with E-state index in [1.807, 2.05) is 37.8 Å². The van der Waals surface area contributed by atoms with Gasteiger partial charge in [0.15, 0.2) is 27.7 Å². The summed E-state index contributed by atoms with van der Waals surface area (Å²) in [6, 6.07) is 10.7. The number of imidazole rings is 1. The molecule has 0 aliphatic carbocycles. The molecule has 2 saturated heterocycles. The molecule has 1 amide bonds. The van der Waals surface area contributed by atoms with Crippen LogP contribution in [0, 0.1) is 20.4 Å². The molecular formula is C31H31N7O4S. The van der Waals surface area contributed by atoms with Gasteiger partial charge >= 0.3 is 0 Å². The van der Waals surface area contributed by atoms with E-state index in [4.69, 9.17) is 33.4 Å². The van der Waals surface area contributed by atoms with Gasteiger partial charge in [0.2, 0.25) is 0 Å². The summed E-state index contributed by atoms with van der Waals surface area (Å²) in [5.74, 6) is 1.36. The lowest BCUT2D eigenvalue weighted by molar-refractivity contribution is -0.121. The van der Waals surface area contributed by atoms with Crippen molar-refractivity contribution < 1.29 is 14.3 Å². The molecule has 43 heavy (non-hydrogen) atoms. The molecule has 4 heterocycles. The van der Waals surface area contributed by atoms with Crippen LogP contribution < -0.4 is 20.1 Å². The van der Waals surface area contributed by atoms with Crippen molar-refractivity contribution >= 4 is 45.8 Å². The number of nitrogens with zero attached hydrogens (tertiary/aromatic N) is 6. The Balaban J connectivity index is 1.51. The quantitative estimate of drug-likeness (QED) is 0.237. The molecule has 220 valence electrons. The highest BCUT2D eigenvalue weighted by molar-refractivity contribution is 7.81. The van der Waals surface area contributed by atoms with Crippen LogP contribution in [0.15, 0.2) is 41.2 Å². The maximum Gasteiger partial charge on any atom is 0.277 e. The Morgan fingerprint density at radius 3 is 2.63 bits per heavy atom. The summed E-state index contributed by atoms with van der Waals surface area (Å²) < 4.78 is 13.4. The van der Waals surface area contributed by atoms with Crippen LogP contribution in [0.4, 0.5) is 17.1 Å². The highest BCUT2D eigenvalue weighted by Crippen LogP contribution is 2.44. The number of aryl methyl sites for hydroxylation is 3. The molecule has 2 aliphatic rings. The molecule has 2 fully saturated rings. The van der Waals surface area contributed by atoms with Crippen molar-refractivity contribution in [2.24, 2.45) is 0 Å². The number of hydrogen-bond acceptors (Lipinski definition) is 7. The first kappa shape index (κ1) is 28.5. The number of carbonyl (C=O) groups excluding carboxylic acids is 1. The van der Waals surface area contributed by atoms with Crippen LogP contribution in [0.2, 0.25) is 0 Å². The van der Waals surface area contributed by atoms with E-state index in [1.54, 1.807) is 35.7 Å². The average molecular weight is 598 g/mol. The normalized spacial score (nSPS) is 18.3. The van der Waals surface area contributed by atoms with Gasteiger partial charge in [-0.3, -0.25) is 14.5 Å². The van der Waals surface area contributed by atoms with Gasteiger partial charge in [0, 0.05) is 30.8 Å². The third-order valence-corrected chi connectivity index (χ3v) is 8.33. The van der Waals surface area contributed by atoms with Gasteiger partial charge in [0.05, 0.1) is 31.0 Å². The van der Waals surface area contributed by atoms with E-state index in [9.17, 15) is 9.59 Å². The summed E-state index contributed by atoms with van der Waals surface area (Å²) in [5.41, 5.74) is 2.72. The van der Waals surface area contributed by atoms with Gasteiger partial charge in [-0.1, -0.05) is 13.0 Å². The summed E-state index contributed by atoms with van der Waals surface area (Å²) in [4.78, 5) is 41.9. The lowest BCUT2D eigenvalue weighted by atomic mass is 9.95. The number of H-pyrrole nitrogens is 1. The van der Waals surface area contributed by atoms with Crippen molar-refractivity contribution in [3.05, 3.63) is 75.3 Å². The Morgan fingerprint density at radius 2 is 1.95 bits per heavy atom. The molecule has 0 saturated carbocycles. The zero-order valence-electron chi connectivity index (χ0n) is 24.4. The summed E-state index contributed by atoms with van der Waals surface area (Å²) in [6.45, 7) is 15.9. The second kappa shape index (κ2) is 10.9. The number of ether oxygens (including phenoxy) is 2. The maximum atomic E-state index is 14.2. The van der Waals surface area contributed by atoms with Gasteiger partial charge < -0.3 is 19.4 Å². The first-order chi connectivity index (χ1) is 20.7. The monoisotopic (exact) mass is 597 g/mol. The summed E-state index contributed by atoms with van der Waals surface area (Å²) >= 11 is 5.99. The molecule has 11 nitrogen and oxygen atoms in total. The molecule has 1 spiro atoms. The number of amides is 1. The SMILES string of the molecule is [C-]#[N+]c1ccc(N2C(=O)C3(CCOC3)N(c3ccc(OCC)c(-c4nn5c(CCC)nc(C)c5c(=O)[nH]4)c3)C2=S)cc1C. The molecule has 1 N–H and O–H groups in total. The van der Waals surface area contributed by atoms with Gasteiger partial charge in [0.1, 0.15) is 11.6 Å². The molecular weight excluding hydrogens is 566 g/mol. The van der Waals surface area contributed by atoms with Gasteiger partial charge in [-0.2, -0.15) is 0 Å². The van der Waals surface area contributed by atoms with Crippen LogP contribution in [-0.2, 0) is 16.0 Å². The van der Waals surface area contributed by atoms with Gasteiger partial charge in [-0.15, -0.1) is 5.10 Å². The highest BCUT2D eigenvalue weighted by atomic mass is 32.1. The van der Waals surface area contributed by atoms with Crippen molar-refractivity contribution in [1.82, 2.24) is 19.6 Å². The van der Waals surface area contributed by atoms with E-state index in [2.05, 4.69) is 14.8 Å². The number of anilines is 2. The first-order valence-corrected chi connectivity index (χ1v) is 14.6. The first-order valence-electron chi connectivity index (χ1n) is 14.2.